The third kappa shape index (κ3) is 8.30. The van der Waals surface area contributed by atoms with E-state index in [0.29, 0.717) is 4.90 Å². The molecule has 0 saturated carbocycles. The Bertz CT molecular complexity index is 1540. The van der Waals surface area contributed by atoms with E-state index < -0.39 is 16.6 Å². The fraction of sp³-hybridized carbons (Fsp3) is 0.143. The Morgan fingerprint density at radius 1 is 0.538 bits per heavy atom. The van der Waals surface area contributed by atoms with Gasteiger partial charge in [-0.15, -0.1) is 0 Å². The van der Waals surface area contributed by atoms with Crippen LogP contribution in [0.1, 0.15) is 22.3 Å². The number of hydrogen-bond donors (Lipinski definition) is 0. The van der Waals surface area contributed by atoms with Crippen LogP contribution in [0.3, 0.4) is 0 Å². The van der Waals surface area contributed by atoms with Gasteiger partial charge in [0, 0.05) is 6.71 Å². The molecule has 0 radical (unpaired) electrons. The Balaban J connectivity index is 0.000000181. The van der Waals surface area contributed by atoms with Gasteiger partial charge >= 0.3 is 0 Å². The number of sulfone groups is 1. The van der Waals surface area contributed by atoms with E-state index in [1.54, 1.807) is 24.3 Å². The number of aryl methyl sites for hydroxylation is 2. The molecule has 1 atom stereocenters. The minimum Gasteiger partial charge on any atom is -0.227 e. The van der Waals surface area contributed by atoms with Crippen LogP contribution in [-0.2, 0) is 16.3 Å². The molecule has 1 unspecified atom stereocenters. The highest BCUT2D eigenvalue weighted by molar-refractivity contribution is 7.93. The van der Waals surface area contributed by atoms with Crippen LogP contribution in [0.5, 0.6) is 0 Å². The lowest BCUT2D eigenvalue weighted by molar-refractivity contribution is 0.600. The molecule has 0 bridgehead atoms. The van der Waals surface area contributed by atoms with Gasteiger partial charge in [-0.05, 0) is 54.7 Å². The van der Waals surface area contributed by atoms with Crippen LogP contribution in [-0.4, -0.2) is 20.8 Å². The monoisotopic (exact) mass is 531 g/mol. The van der Waals surface area contributed by atoms with E-state index >= 15 is 0 Å². The first kappa shape index (κ1) is 28.1. The average molecular weight is 532 g/mol. The van der Waals surface area contributed by atoms with Gasteiger partial charge in [0.15, 0.2) is 0 Å². The van der Waals surface area contributed by atoms with E-state index in [2.05, 4.69) is 85.8 Å². The lowest BCUT2D eigenvalue weighted by Crippen LogP contribution is -2.34. The highest BCUT2D eigenvalue weighted by atomic mass is 32.2. The van der Waals surface area contributed by atoms with E-state index in [1.165, 1.54) is 33.4 Å². The van der Waals surface area contributed by atoms with E-state index in [0.717, 1.165) is 11.9 Å². The maximum Gasteiger partial charge on any atom is 0.146 e. The fourth-order valence-corrected chi connectivity index (χ4v) is 6.50. The van der Waals surface area contributed by atoms with Crippen LogP contribution >= 0.6 is 0 Å². The van der Waals surface area contributed by atoms with E-state index in [-0.39, 0.29) is 5.65 Å². The second-order valence-corrected chi connectivity index (χ2v) is 12.6. The molecular weight excluding hydrogens is 495 g/mol. The van der Waals surface area contributed by atoms with Gasteiger partial charge in [-0.1, -0.05) is 138 Å². The summed E-state index contributed by atoms with van der Waals surface area (Å²) < 4.78 is 24.6. The summed E-state index contributed by atoms with van der Waals surface area (Å²) in [6, 6.07) is 45.0. The Kier molecular flexibility index (Phi) is 9.57. The molecule has 5 aromatic rings. The summed E-state index contributed by atoms with van der Waals surface area (Å²) in [7, 11) is -3.18. The first-order chi connectivity index (χ1) is 18.8. The standard InChI is InChI=1S/C20H18.C15H18BO2S/c1-16-7-11-19(12-8-16)20-13-9-18(10-14-20)15-17-5-3-2-4-6-17;1-13-8-10-14(11-9-13)16(2)12-19(17,18)15-6-4-3-5-7-15/h2-14H,15H2,1H3;3-11,16H,12H2,1-2H3/q;-1. The van der Waals surface area contributed by atoms with Crippen LogP contribution in [0.25, 0.3) is 11.1 Å². The van der Waals surface area contributed by atoms with Crippen molar-refractivity contribution in [3.8, 4) is 11.1 Å². The zero-order valence-corrected chi connectivity index (χ0v) is 23.9. The van der Waals surface area contributed by atoms with Crippen molar-refractivity contribution in [2.24, 2.45) is 0 Å². The number of benzene rings is 5. The van der Waals surface area contributed by atoms with Crippen molar-refractivity contribution in [2.75, 3.05) is 5.65 Å². The largest absolute Gasteiger partial charge is 0.227 e. The molecule has 0 saturated heterocycles. The quantitative estimate of drug-likeness (QED) is 0.206. The Morgan fingerprint density at radius 2 is 0.974 bits per heavy atom. The highest BCUT2D eigenvalue weighted by Crippen LogP contribution is 2.21. The first-order valence-electron chi connectivity index (χ1n) is 13.6. The maximum absolute atomic E-state index is 12.3. The molecule has 0 aromatic heterocycles. The summed E-state index contributed by atoms with van der Waals surface area (Å²) in [6.45, 7) is 5.30. The van der Waals surface area contributed by atoms with Gasteiger partial charge in [-0.25, -0.2) is 13.9 Å². The van der Waals surface area contributed by atoms with E-state index in [1.807, 2.05) is 44.1 Å². The van der Waals surface area contributed by atoms with Crippen LogP contribution in [0.15, 0.2) is 138 Å². The lowest BCUT2D eigenvalue weighted by atomic mass is 9.49. The van der Waals surface area contributed by atoms with Gasteiger partial charge in [0.25, 0.3) is 0 Å². The molecule has 0 aliphatic rings. The maximum atomic E-state index is 12.3. The average Bonchev–Trinajstić information content (AvgIpc) is 2.95. The van der Waals surface area contributed by atoms with Gasteiger partial charge in [0.2, 0.25) is 0 Å². The van der Waals surface area contributed by atoms with E-state index in [4.69, 9.17) is 0 Å². The van der Waals surface area contributed by atoms with Crippen molar-refractivity contribution in [1.82, 2.24) is 0 Å². The first-order valence-corrected chi connectivity index (χ1v) is 15.3. The molecule has 0 spiro atoms. The molecule has 39 heavy (non-hydrogen) atoms. The third-order valence-electron chi connectivity index (χ3n) is 7.08. The van der Waals surface area contributed by atoms with Crippen molar-refractivity contribution in [3.05, 3.63) is 156 Å². The van der Waals surface area contributed by atoms with Gasteiger partial charge in [-0.3, -0.25) is 0 Å². The van der Waals surface area contributed by atoms with Crippen molar-refractivity contribution >= 4 is 22.0 Å². The topological polar surface area (TPSA) is 34.1 Å². The summed E-state index contributed by atoms with van der Waals surface area (Å²) in [4.78, 5) is 0.418. The molecule has 198 valence electrons. The summed E-state index contributed by atoms with van der Waals surface area (Å²) in [5, 5.41) is 0. The van der Waals surface area contributed by atoms with Crippen LogP contribution in [0.4, 0.5) is 0 Å². The van der Waals surface area contributed by atoms with Gasteiger partial charge in [0.05, 0.1) is 4.90 Å². The second-order valence-electron chi connectivity index (χ2n) is 10.4. The molecule has 0 amide bonds. The zero-order chi connectivity index (χ0) is 27.7. The molecule has 5 rings (SSSR count). The van der Waals surface area contributed by atoms with Gasteiger partial charge in [0.1, 0.15) is 9.84 Å². The van der Waals surface area contributed by atoms with E-state index in [9.17, 15) is 8.42 Å². The minimum absolute atomic E-state index is 0.222. The molecule has 0 heterocycles. The lowest BCUT2D eigenvalue weighted by Gasteiger charge is -2.18. The van der Waals surface area contributed by atoms with Crippen LogP contribution < -0.4 is 5.46 Å². The SMILES string of the molecule is C[BH-](CS(=O)(=O)c1ccccc1)c1ccc(C)cc1.Cc1ccc(-c2ccc(Cc3ccccc3)cc2)cc1. The zero-order valence-electron chi connectivity index (χ0n) is 23.0. The van der Waals surface area contributed by atoms with Crippen molar-refractivity contribution in [3.63, 3.8) is 0 Å². The molecule has 4 heteroatoms. The molecule has 0 aliphatic heterocycles. The Labute approximate surface area is 234 Å². The summed E-state index contributed by atoms with van der Waals surface area (Å²) >= 11 is 0. The Hall–Kier alpha value is -3.89. The number of rotatable bonds is 7. The normalized spacial score (nSPS) is 11.8. The molecule has 0 N–H and O–H groups in total. The molecule has 2 nitrogen and oxygen atoms in total. The predicted octanol–water partition coefficient (Wildman–Crippen LogP) is 7.32. The van der Waals surface area contributed by atoms with Gasteiger partial charge < -0.3 is 0 Å². The third-order valence-corrected chi connectivity index (χ3v) is 9.22. The summed E-state index contributed by atoms with van der Waals surface area (Å²) in [5.41, 5.74) is 9.13. The van der Waals surface area contributed by atoms with Crippen molar-refractivity contribution in [1.29, 1.82) is 0 Å². The minimum atomic E-state index is -3.18. The number of hydrogen-bond acceptors (Lipinski definition) is 2. The molecule has 5 aromatic carbocycles. The Morgan fingerprint density at radius 3 is 1.51 bits per heavy atom. The van der Waals surface area contributed by atoms with Crippen LogP contribution in [0.2, 0.25) is 6.82 Å². The molecule has 0 fully saturated rings. The smallest absolute Gasteiger partial charge is 0.146 e. The second kappa shape index (κ2) is 13.3. The van der Waals surface area contributed by atoms with Gasteiger partial charge in [-0.2, -0.15) is 6.82 Å². The van der Waals surface area contributed by atoms with Crippen molar-refractivity contribution < 1.29 is 8.42 Å². The highest BCUT2D eigenvalue weighted by Gasteiger charge is 2.14. The molecule has 0 aliphatic carbocycles. The summed E-state index contributed by atoms with van der Waals surface area (Å²) in [6.07, 6.45) is 0.995. The fourth-order valence-electron chi connectivity index (χ4n) is 4.65. The van der Waals surface area contributed by atoms with Crippen molar-refractivity contribution in [2.45, 2.75) is 32.0 Å². The molecular formula is C35H36BO2S-. The predicted molar refractivity (Wildman–Crippen MR) is 168 cm³/mol. The summed E-state index contributed by atoms with van der Waals surface area (Å²) in [5.74, 6) is 0. The van der Waals surface area contributed by atoms with Crippen LogP contribution in [0, 0.1) is 13.8 Å².